The number of para-hydroxylation sites is 1. The van der Waals surface area contributed by atoms with Crippen LogP contribution >= 0.6 is 6.72 Å². The second-order valence-corrected chi connectivity index (χ2v) is 18.2. The van der Waals surface area contributed by atoms with Crippen molar-refractivity contribution in [2.24, 2.45) is 11.6 Å². The minimum absolute atomic E-state index is 0.00757. The first-order valence-electron chi connectivity index (χ1n) is 24.5. The molecule has 0 radical (unpaired) electrons. The van der Waals surface area contributed by atoms with Crippen LogP contribution in [0.2, 0.25) is 0 Å². The number of fused-ring (bicyclic) bond motifs is 2. The fourth-order valence-electron chi connectivity index (χ4n) is 6.88. The van der Waals surface area contributed by atoms with Gasteiger partial charge in [-0.1, -0.05) is 76.1 Å². The molecule has 13 N–H and O–H groups in total. The van der Waals surface area contributed by atoms with Crippen molar-refractivity contribution in [1.82, 2.24) is 26.3 Å². The van der Waals surface area contributed by atoms with E-state index in [9.17, 15) is 24.0 Å². The second-order valence-electron chi connectivity index (χ2n) is 15.5. The van der Waals surface area contributed by atoms with Gasteiger partial charge in [0.1, 0.15) is 0 Å². The Morgan fingerprint density at radius 1 is 0.716 bits per heavy atom. The van der Waals surface area contributed by atoms with Gasteiger partial charge in [-0.25, -0.2) is 5.84 Å². The number of nitrogens with zero attached hydrogens (tertiary/aromatic N) is 2. The standard InChI is InChI=1S/C40H53N7O9.C7H16NO4PS.C2H6.CH4O/c1-2-7-35(50)46-27-28-8-3-4-9-32(28)37(36(41)33-10-5-6-11-34(33)46)47(42)15-19-55-21-23-56-22-20-54-18-14-45-40(53)31-25-29(38(51)43-12-16-48)24-30(26-31)39(52)44-13-17-49;9-7-8-5-3-1-2-4-6-12-13(10,11)14;2*1-2/h3-6,8-11,24-26,48-49H,2,7,12-23,27,41-42H2,1H3,(H,43,51)(H,44,52)(H,45,53);7H,1-6H2,(H,8,9)(H2,10,11,14);1-2H3;2H,1H3/b37-36-;;;. The zero-order chi connectivity index (χ0) is 55.2. The molecule has 0 unspecified atom stereocenters. The van der Waals surface area contributed by atoms with Gasteiger partial charge < -0.3 is 80.8 Å². The molecule has 0 saturated carbocycles. The highest BCUT2D eigenvalue weighted by atomic mass is 32.5. The molecule has 24 heteroatoms. The SMILES string of the molecule is CC.CCCC(=O)N1Cc2ccccc2/C(N(N)CCOCCOCCOCCNC(=O)c2cc(C(=O)NCCO)cc(C(=O)NCCO)c2)=C(/N)c2ccccc21.CO.O=CNCCCCCCOP(O)(O)=S. The summed E-state index contributed by atoms with van der Waals surface area (Å²) < 4.78 is 21.6. The molecule has 1 aliphatic rings. The Labute approximate surface area is 440 Å². The third-order valence-corrected chi connectivity index (χ3v) is 11.1. The number of carbonyl (C=O) groups is 5. The molecule has 3 aromatic carbocycles. The number of nitrogens with one attached hydrogen (secondary N) is 4. The second kappa shape index (κ2) is 40.0. The summed E-state index contributed by atoms with van der Waals surface area (Å²) in [4.78, 5) is 80.0. The van der Waals surface area contributed by atoms with E-state index in [2.05, 4.69) is 37.6 Å². The molecule has 0 aliphatic carbocycles. The quantitative estimate of drug-likeness (QED) is 0.0145. The van der Waals surface area contributed by atoms with Gasteiger partial charge in [-0.05, 0) is 60.9 Å². The van der Waals surface area contributed by atoms with Gasteiger partial charge in [-0.2, -0.15) is 0 Å². The Kier molecular flexibility index (Phi) is 36.0. The molecule has 0 saturated heterocycles. The van der Waals surface area contributed by atoms with E-state index in [0.29, 0.717) is 70.3 Å². The molecule has 3 aromatic rings. The number of benzene rings is 3. The summed E-state index contributed by atoms with van der Waals surface area (Å²) in [6.07, 6.45) is 5.42. The third kappa shape index (κ3) is 25.7. The number of unbranched alkanes of at least 4 members (excludes halogenated alkanes) is 3. The molecule has 414 valence electrons. The number of anilines is 1. The van der Waals surface area contributed by atoms with Gasteiger partial charge in [0.25, 0.3) is 17.7 Å². The normalized spacial score (nSPS) is 12.5. The Morgan fingerprint density at radius 2 is 1.22 bits per heavy atom. The summed E-state index contributed by atoms with van der Waals surface area (Å²) in [5.74, 6) is 5.03. The lowest BCUT2D eigenvalue weighted by Crippen LogP contribution is -2.37. The summed E-state index contributed by atoms with van der Waals surface area (Å²) in [6, 6.07) is 19.4. The first kappa shape index (κ1) is 66.6. The highest BCUT2D eigenvalue weighted by molar-refractivity contribution is 8.06. The Bertz CT molecular complexity index is 2160. The van der Waals surface area contributed by atoms with Gasteiger partial charge in [0, 0.05) is 67.5 Å². The van der Waals surface area contributed by atoms with Crippen molar-refractivity contribution in [3.63, 3.8) is 0 Å². The highest BCUT2D eigenvalue weighted by Gasteiger charge is 2.27. The summed E-state index contributed by atoms with van der Waals surface area (Å²) in [5, 5.41) is 36.9. The molecule has 0 aromatic heterocycles. The molecule has 74 heavy (non-hydrogen) atoms. The lowest BCUT2D eigenvalue weighted by molar-refractivity contribution is -0.118. The third-order valence-electron chi connectivity index (χ3n) is 10.2. The number of ether oxygens (including phenoxy) is 3. The van der Waals surface area contributed by atoms with Crippen LogP contribution in [0.15, 0.2) is 66.7 Å². The van der Waals surface area contributed by atoms with Crippen LogP contribution in [0.4, 0.5) is 5.69 Å². The van der Waals surface area contributed by atoms with Crippen molar-refractivity contribution in [1.29, 1.82) is 0 Å². The van der Waals surface area contributed by atoms with Gasteiger partial charge >= 0.3 is 6.72 Å². The van der Waals surface area contributed by atoms with Gasteiger partial charge in [0.05, 0.1) is 89.6 Å². The molecule has 1 aliphatic heterocycles. The lowest BCUT2D eigenvalue weighted by atomic mass is 9.95. The Hall–Kier alpha value is -5.40. The molecule has 0 spiro atoms. The molecular weight excluding hydrogens is 1000 g/mol. The Balaban J connectivity index is 0.00000130. The van der Waals surface area contributed by atoms with Gasteiger partial charge in [-0.3, -0.25) is 24.0 Å². The maximum Gasteiger partial charge on any atom is 0.321 e. The number of nitrogens with two attached hydrogens (primary N) is 2. The van der Waals surface area contributed by atoms with E-state index < -0.39 is 24.4 Å². The topological polar surface area (TPSA) is 330 Å². The molecule has 1 heterocycles. The van der Waals surface area contributed by atoms with Crippen LogP contribution in [0.3, 0.4) is 0 Å². The molecule has 0 fully saturated rings. The summed E-state index contributed by atoms with van der Waals surface area (Å²) in [6.45, 7) is 5.59. The fraction of sp³-hybridized carbons (Fsp3) is 0.500. The smallest absolute Gasteiger partial charge is 0.321 e. The Morgan fingerprint density at radius 3 is 1.76 bits per heavy atom. The van der Waals surface area contributed by atoms with Crippen molar-refractivity contribution in [3.05, 3.63) is 100 Å². The van der Waals surface area contributed by atoms with Gasteiger partial charge in [0.15, 0.2) is 0 Å². The largest absolute Gasteiger partial charge is 0.400 e. The van der Waals surface area contributed by atoms with Crippen molar-refractivity contribution in [2.45, 2.75) is 65.8 Å². The first-order valence-corrected chi connectivity index (χ1v) is 27.1. The number of hydrogen-bond donors (Lipinski definition) is 11. The van der Waals surface area contributed by atoms with E-state index in [1.54, 1.807) is 9.91 Å². The van der Waals surface area contributed by atoms with Crippen LogP contribution in [0, 0.1) is 0 Å². The molecule has 4 rings (SSSR count). The monoisotopic (exact) mass is 1080 g/mol. The van der Waals surface area contributed by atoms with Crippen LogP contribution in [0.5, 0.6) is 0 Å². The number of rotatable bonds is 31. The first-order chi connectivity index (χ1) is 35.8. The number of carbonyl (C=O) groups excluding carboxylic acids is 5. The van der Waals surface area contributed by atoms with Crippen molar-refractivity contribution < 1.29 is 67.8 Å². The number of aliphatic hydroxyl groups is 3. The van der Waals surface area contributed by atoms with E-state index in [1.807, 2.05) is 69.3 Å². The maximum absolute atomic E-state index is 13.2. The van der Waals surface area contributed by atoms with Crippen LogP contribution < -0.4 is 37.7 Å². The molecule has 5 amide bonds. The van der Waals surface area contributed by atoms with E-state index in [0.717, 1.165) is 61.6 Å². The van der Waals surface area contributed by atoms with Crippen molar-refractivity contribution >= 4 is 65.6 Å². The summed E-state index contributed by atoms with van der Waals surface area (Å²) >= 11 is 4.27. The van der Waals surface area contributed by atoms with Crippen molar-refractivity contribution in [3.8, 4) is 0 Å². The zero-order valence-electron chi connectivity index (χ0n) is 43.1. The molecule has 22 nitrogen and oxygen atoms in total. The highest BCUT2D eigenvalue weighted by Crippen LogP contribution is 2.37. The van der Waals surface area contributed by atoms with E-state index >= 15 is 0 Å². The molecule has 0 bridgehead atoms. The maximum atomic E-state index is 13.2. The minimum atomic E-state index is -3.46. The summed E-state index contributed by atoms with van der Waals surface area (Å²) in [7, 11) is 1.00. The van der Waals surface area contributed by atoms with E-state index in [-0.39, 0.29) is 75.3 Å². The van der Waals surface area contributed by atoms with Crippen molar-refractivity contribution in [2.75, 3.05) is 104 Å². The number of hydrazine groups is 1. The molecular formula is C50H79N8O14PS. The number of aliphatic hydroxyl groups excluding tert-OH is 3. The summed E-state index contributed by atoms with van der Waals surface area (Å²) in [5.41, 5.74) is 11.4. The minimum Gasteiger partial charge on any atom is -0.400 e. The molecule has 0 atom stereocenters. The average molecular weight is 1080 g/mol. The van der Waals surface area contributed by atoms with Crippen LogP contribution in [-0.4, -0.2) is 159 Å². The van der Waals surface area contributed by atoms with Gasteiger partial charge in [0.2, 0.25) is 12.3 Å². The van der Waals surface area contributed by atoms with Crippen LogP contribution in [-0.2, 0) is 46.7 Å². The predicted octanol–water partition coefficient (Wildman–Crippen LogP) is 2.37. The number of amides is 5. The number of hydrogen-bond acceptors (Lipinski definition) is 16. The van der Waals surface area contributed by atoms with Crippen LogP contribution in [0.25, 0.3) is 11.4 Å². The van der Waals surface area contributed by atoms with E-state index in [1.165, 1.54) is 18.2 Å². The lowest BCUT2D eigenvalue weighted by Gasteiger charge is -2.33. The van der Waals surface area contributed by atoms with Gasteiger partial charge in [-0.15, -0.1) is 0 Å². The zero-order valence-corrected chi connectivity index (χ0v) is 44.8. The van der Waals surface area contributed by atoms with E-state index in [4.69, 9.17) is 50.9 Å². The fourth-order valence-corrected chi connectivity index (χ4v) is 7.47. The average Bonchev–Trinajstić information content (AvgIpc) is 3.40. The van der Waals surface area contributed by atoms with Crippen LogP contribution in [0.1, 0.15) is 107 Å². The predicted molar refractivity (Wildman–Crippen MR) is 288 cm³/mol.